The number of rotatable bonds is 5. The lowest BCUT2D eigenvalue weighted by Gasteiger charge is -2.11. The Labute approximate surface area is 127 Å². The van der Waals surface area contributed by atoms with E-state index in [4.69, 9.17) is 0 Å². The third-order valence-corrected chi connectivity index (χ3v) is 3.62. The molecular formula is C15H18BrN3O. The maximum atomic E-state index is 12.1. The molecule has 0 aliphatic heterocycles. The summed E-state index contributed by atoms with van der Waals surface area (Å²) in [6.07, 6.45) is 1.69. The Bertz CT molecular complexity index is 623. The van der Waals surface area contributed by atoms with Crippen molar-refractivity contribution in [3.63, 3.8) is 0 Å². The fourth-order valence-electron chi connectivity index (χ4n) is 1.86. The Morgan fingerprint density at radius 1 is 1.30 bits per heavy atom. The normalized spacial score (nSPS) is 10.8. The van der Waals surface area contributed by atoms with E-state index in [0.717, 1.165) is 11.3 Å². The van der Waals surface area contributed by atoms with Crippen LogP contribution in [0.5, 0.6) is 0 Å². The van der Waals surface area contributed by atoms with Crippen molar-refractivity contribution in [2.75, 3.05) is 5.32 Å². The van der Waals surface area contributed by atoms with Gasteiger partial charge in [-0.2, -0.15) is 5.10 Å². The topological polar surface area (TPSA) is 46.9 Å². The number of nitrogens with one attached hydrogen (secondary N) is 1. The van der Waals surface area contributed by atoms with Crippen LogP contribution in [0.4, 0.5) is 5.69 Å². The average molecular weight is 336 g/mol. The average Bonchev–Trinajstić information content (AvgIpc) is 2.44. The van der Waals surface area contributed by atoms with Crippen LogP contribution < -0.4 is 10.9 Å². The number of aromatic nitrogens is 2. The second-order valence-electron chi connectivity index (χ2n) is 5.09. The fraction of sp³-hybridized carbons (Fsp3) is 0.333. The first-order chi connectivity index (χ1) is 9.58. The minimum Gasteiger partial charge on any atom is -0.379 e. The zero-order chi connectivity index (χ0) is 14.5. The highest BCUT2D eigenvalue weighted by Gasteiger charge is 2.09. The molecule has 0 atom stereocenters. The summed E-state index contributed by atoms with van der Waals surface area (Å²) >= 11 is 3.36. The Morgan fingerprint density at radius 3 is 2.65 bits per heavy atom. The van der Waals surface area contributed by atoms with Crippen LogP contribution in [-0.2, 0) is 13.1 Å². The second kappa shape index (κ2) is 6.70. The van der Waals surface area contributed by atoms with Gasteiger partial charge in [0.15, 0.2) is 0 Å². The van der Waals surface area contributed by atoms with Crippen molar-refractivity contribution in [3.8, 4) is 0 Å². The van der Waals surface area contributed by atoms with Gasteiger partial charge >= 0.3 is 0 Å². The largest absolute Gasteiger partial charge is 0.379 e. The van der Waals surface area contributed by atoms with Gasteiger partial charge in [0.2, 0.25) is 0 Å². The van der Waals surface area contributed by atoms with Crippen LogP contribution in [0, 0.1) is 5.92 Å². The van der Waals surface area contributed by atoms with Gasteiger partial charge in [-0.3, -0.25) is 4.79 Å². The number of hydrogen-bond donors (Lipinski definition) is 1. The van der Waals surface area contributed by atoms with E-state index in [2.05, 4.69) is 40.2 Å². The molecule has 0 spiro atoms. The standard InChI is InChI=1S/C15H18BrN3O/c1-11(2)10-19-15(20)14(16)13(9-18-19)17-8-12-6-4-3-5-7-12/h3-7,9,11,17H,8,10H2,1-2H3. The molecule has 4 nitrogen and oxygen atoms in total. The maximum Gasteiger partial charge on any atom is 0.283 e. The van der Waals surface area contributed by atoms with Crippen LogP contribution in [0.25, 0.3) is 0 Å². The minimum absolute atomic E-state index is 0.100. The maximum absolute atomic E-state index is 12.1. The monoisotopic (exact) mass is 335 g/mol. The van der Waals surface area contributed by atoms with Gasteiger partial charge < -0.3 is 5.32 Å². The summed E-state index contributed by atoms with van der Waals surface area (Å²) < 4.78 is 2.02. The van der Waals surface area contributed by atoms with Crippen molar-refractivity contribution in [3.05, 3.63) is 56.9 Å². The second-order valence-corrected chi connectivity index (χ2v) is 5.89. The van der Waals surface area contributed by atoms with E-state index >= 15 is 0 Å². The SMILES string of the molecule is CC(C)Cn1ncc(NCc2ccccc2)c(Br)c1=O. The van der Waals surface area contributed by atoms with E-state index in [1.165, 1.54) is 4.68 Å². The van der Waals surface area contributed by atoms with Crippen molar-refractivity contribution < 1.29 is 0 Å². The van der Waals surface area contributed by atoms with E-state index in [1.807, 2.05) is 30.3 Å². The summed E-state index contributed by atoms with van der Waals surface area (Å²) in [7, 11) is 0. The van der Waals surface area contributed by atoms with Crippen LogP contribution in [0.2, 0.25) is 0 Å². The molecule has 2 aromatic rings. The summed E-state index contributed by atoms with van der Waals surface area (Å²) in [6, 6.07) is 10.0. The molecule has 0 aliphatic carbocycles. The highest BCUT2D eigenvalue weighted by atomic mass is 79.9. The van der Waals surface area contributed by atoms with Gasteiger partial charge in [-0.25, -0.2) is 4.68 Å². The molecule has 5 heteroatoms. The van der Waals surface area contributed by atoms with Crippen molar-refractivity contribution >= 4 is 21.6 Å². The van der Waals surface area contributed by atoms with Gasteiger partial charge in [0, 0.05) is 13.1 Å². The Morgan fingerprint density at radius 2 is 2.00 bits per heavy atom. The Hall–Kier alpha value is -1.62. The van der Waals surface area contributed by atoms with Crippen LogP contribution in [0.1, 0.15) is 19.4 Å². The predicted octanol–water partition coefficient (Wildman–Crippen LogP) is 3.27. The van der Waals surface area contributed by atoms with Crippen molar-refractivity contribution in [1.82, 2.24) is 9.78 Å². The molecule has 0 saturated carbocycles. The summed E-state index contributed by atoms with van der Waals surface area (Å²) in [6.45, 7) is 5.40. The first-order valence-electron chi connectivity index (χ1n) is 6.61. The van der Waals surface area contributed by atoms with E-state index < -0.39 is 0 Å². The minimum atomic E-state index is -0.100. The third-order valence-electron chi connectivity index (χ3n) is 2.85. The van der Waals surface area contributed by atoms with Crippen LogP contribution >= 0.6 is 15.9 Å². The molecule has 0 radical (unpaired) electrons. The molecule has 0 aliphatic rings. The third kappa shape index (κ3) is 3.70. The lowest BCUT2D eigenvalue weighted by Crippen LogP contribution is -2.26. The summed E-state index contributed by atoms with van der Waals surface area (Å²) in [5.41, 5.74) is 1.78. The molecule has 0 amide bonds. The van der Waals surface area contributed by atoms with E-state index in [1.54, 1.807) is 6.20 Å². The van der Waals surface area contributed by atoms with E-state index in [-0.39, 0.29) is 5.56 Å². The number of anilines is 1. The number of hydrogen-bond acceptors (Lipinski definition) is 3. The lowest BCUT2D eigenvalue weighted by molar-refractivity contribution is 0.462. The molecule has 0 fully saturated rings. The highest BCUT2D eigenvalue weighted by Crippen LogP contribution is 2.17. The quantitative estimate of drug-likeness (QED) is 0.912. The molecule has 1 aromatic carbocycles. The van der Waals surface area contributed by atoms with Gasteiger partial charge in [-0.05, 0) is 27.4 Å². The first kappa shape index (κ1) is 14.8. The molecule has 106 valence electrons. The van der Waals surface area contributed by atoms with Gasteiger partial charge in [0.25, 0.3) is 5.56 Å². The smallest absolute Gasteiger partial charge is 0.283 e. The van der Waals surface area contributed by atoms with E-state index in [0.29, 0.717) is 23.5 Å². The first-order valence-corrected chi connectivity index (χ1v) is 7.40. The fourth-order valence-corrected chi connectivity index (χ4v) is 2.30. The van der Waals surface area contributed by atoms with Crippen molar-refractivity contribution in [2.24, 2.45) is 5.92 Å². The number of nitrogens with zero attached hydrogens (tertiary/aromatic N) is 2. The van der Waals surface area contributed by atoms with E-state index in [9.17, 15) is 4.79 Å². The van der Waals surface area contributed by atoms with Gasteiger partial charge in [-0.15, -0.1) is 0 Å². The van der Waals surface area contributed by atoms with Crippen LogP contribution in [-0.4, -0.2) is 9.78 Å². The van der Waals surface area contributed by atoms with Gasteiger partial charge in [0.1, 0.15) is 4.47 Å². The molecule has 1 N–H and O–H groups in total. The highest BCUT2D eigenvalue weighted by molar-refractivity contribution is 9.10. The molecular weight excluding hydrogens is 318 g/mol. The molecule has 0 saturated heterocycles. The molecule has 20 heavy (non-hydrogen) atoms. The summed E-state index contributed by atoms with van der Waals surface area (Å²) in [4.78, 5) is 12.1. The zero-order valence-electron chi connectivity index (χ0n) is 11.6. The Kier molecular flexibility index (Phi) is 4.95. The van der Waals surface area contributed by atoms with Gasteiger partial charge in [0.05, 0.1) is 11.9 Å². The van der Waals surface area contributed by atoms with Crippen LogP contribution in [0.3, 0.4) is 0 Å². The van der Waals surface area contributed by atoms with Crippen molar-refractivity contribution in [1.29, 1.82) is 0 Å². The molecule has 1 aromatic heterocycles. The summed E-state index contributed by atoms with van der Waals surface area (Å²) in [5, 5.41) is 7.43. The summed E-state index contributed by atoms with van der Waals surface area (Å²) in [5.74, 6) is 0.384. The van der Waals surface area contributed by atoms with Crippen LogP contribution in [0.15, 0.2) is 45.8 Å². The molecule has 1 heterocycles. The van der Waals surface area contributed by atoms with Gasteiger partial charge in [-0.1, -0.05) is 44.2 Å². The predicted molar refractivity (Wildman–Crippen MR) is 84.8 cm³/mol. The Balaban J connectivity index is 2.13. The number of benzene rings is 1. The lowest BCUT2D eigenvalue weighted by atomic mass is 10.2. The van der Waals surface area contributed by atoms with Crippen molar-refractivity contribution in [2.45, 2.75) is 26.9 Å². The zero-order valence-corrected chi connectivity index (χ0v) is 13.2. The number of halogens is 1. The molecule has 2 rings (SSSR count). The molecule has 0 unspecified atom stereocenters. The molecule has 0 bridgehead atoms.